The summed E-state index contributed by atoms with van der Waals surface area (Å²) in [6.45, 7) is 3.23. The summed E-state index contributed by atoms with van der Waals surface area (Å²) in [7, 11) is 0. The highest BCUT2D eigenvalue weighted by atomic mass is 16.5. The molecule has 0 atom stereocenters. The third-order valence-corrected chi connectivity index (χ3v) is 2.83. The van der Waals surface area contributed by atoms with Crippen LogP contribution in [-0.2, 0) is 14.3 Å². The van der Waals surface area contributed by atoms with Crippen LogP contribution in [0.15, 0.2) is 0 Å². The molecule has 1 N–H and O–H groups in total. The lowest BCUT2D eigenvalue weighted by Crippen LogP contribution is -2.20. The van der Waals surface area contributed by atoms with Gasteiger partial charge in [-0.1, -0.05) is 26.2 Å². The minimum Gasteiger partial charge on any atom is -0.481 e. The minimum absolute atomic E-state index is 0.0188. The molecule has 1 aliphatic carbocycles. The molecule has 1 aliphatic rings. The summed E-state index contributed by atoms with van der Waals surface area (Å²) in [5.41, 5.74) is 0. The second-order valence-corrected chi connectivity index (χ2v) is 4.73. The van der Waals surface area contributed by atoms with E-state index in [9.17, 15) is 4.79 Å². The lowest BCUT2D eigenvalue weighted by atomic mass is 9.98. The van der Waals surface area contributed by atoms with E-state index < -0.39 is 5.97 Å². The van der Waals surface area contributed by atoms with Crippen LogP contribution in [0, 0.1) is 0 Å². The van der Waals surface area contributed by atoms with E-state index >= 15 is 0 Å². The highest BCUT2D eigenvalue weighted by molar-refractivity contribution is 5.69. The first kappa shape index (κ1) is 16.9. The highest BCUT2D eigenvalue weighted by Crippen LogP contribution is 2.20. The Morgan fingerprint density at radius 1 is 1.17 bits per heavy atom. The maximum absolute atomic E-state index is 11.4. The van der Waals surface area contributed by atoms with Gasteiger partial charge < -0.3 is 9.84 Å². The van der Waals surface area contributed by atoms with E-state index in [2.05, 4.69) is 6.92 Å². The summed E-state index contributed by atoms with van der Waals surface area (Å²) < 4.78 is 5.40. The number of aliphatic carboxylic acids is 1. The number of carboxylic acids is 1. The van der Waals surface area contributed by atoms with Gasteiger partial charge >= 0.3 is 5.97 Å². The van der Waals surface area contributed by atoms with Crippen molar-refractivity contribution in [3.05, 3.63) is 0 Å². The van der Waals surface area contributed by atoms with Crippen molar-refractivity contribution in [2.24, 2.45) is 0 Å². The first-order chi connectivity index (χ1) is 8.56. The molecule has 1 rings (SSSR count). The smallest absolute Gasteiger partial charge is 0.306 e. The van der Waals surface area contributed by atoms with Crippen LogP contribution in [0.2, 0.25) is 0 Å². The molecule has 0 aliphatic heterocycles. The van der Waals surface area contributed by atoms with E-state index in [1.165, 1.54) is 19.3 Å². The van der Waals surface area contributed by atoms with Crippen molar-refractivity contribution in [2.45, 2.75) is 77.7 Å². The van der Waals surface area contributed by atoms with Gasteiger partial charge in [0.2, 0.25) is 0 Å². The number of carboxylic acid groups (broad SMARTS) is 1. The first-order valence-corrected chi connectivity index (χ1v) is 6.95. The third kappa shape index (κ3) is 11.4. The predicted octanol–water partition coefficient (Wildman–Crippen LogP) is 3.53. The lowest BCUT2D eigenvalue weighted by molar-refractivity contribution is -0.150. The molecule has 0 saturated heterocycles. The van der Waals surface area contributed by atoms with E-state index in [1.807, 2.05) is 0 Å². The topological polar surface area (TPSA) is 63.6 Å². The fraction of sp³-hybridized carbons (Fsp3) is 0.857. The Morgan fingerprint density at radius 3 is 2.22 bits per heavy atom. The van der Waals surface area contributed by atoms with Gasteiger partial charge in [-0.15, -0.1) is 0 Å². The molecule has 18 heavy (non-hydrogen) atoms. The summed E-state index contributed by atoms with van der Waals surface area (Å²) in [5.74, 6) is -0.814. The van der Waals surface area contributed by atoms with Gasteiger partial charge in [-0.2, -0.15) is 0 Å². The standard InChI is InChI=1S/C12H22O2.C2H4O2/c1-2-3-5-10-12(13)14-11-8-6-4-7-9-11;1-2(3)4/h11H,2-10H2,1H3;1H3,(H,3,4). The molecule has 0 aromatic rings. The van der Waals surface area contributed by atoms with Gasteiger partial charge in [-0.05, 0) is 32.1 Å². The second-order valence-electron chi connectivity index (χ2n) is 4.73. The van der Waals surface area contributed by atoms with Crippen molar-refractivity contribution >= 4 is 11.9 Å². The molecule has 0 aromatic carbocycles. The minimum atomic E-state index is -0.833. The number of esters is 1. The second kappa shape index (κ2) is 11.1. The normalized spacial score (nSPS) is 15.4. The summed E-state index contributed by atoms with van der Waals surface area (Å²) >= 11 is 0. The summed E-state index contributed by atoms with van der Waals surface area (Å²) in [6, 6.07) is 0. The van der Waals surface area contributed by atoms with Crippen LogP contribution < -0.4 is 0 Å². The fourth-order valence-corrected chi connectivity index (χ4v) is 1.95. The SMILES string of the molecule is CC(=O)O.CCCCCC(=O)OC1CCCCC1. The Morgan fingerprint density at radius 2 is 1.72 bits per heavy atom. The van der Waals surface area contributed by atoms with Gasteiger partial charge in [-0.25, -0.2) is 0 Å². The van der Waals surface area contributed by atoms with Gasteiger partial charge in [0.1, 0.15) is 6.10 Å². The molecule has 0 radical (unpaired) electrons. The molecule has 0 unspecified atom stereocenters. The molecule has 0 aromatic heterocycles. The number of hydrogen-bond donors (Lipinski definition) is 1. The van der Waals surface area contributed by atoms with Crippen molar-refractivity contribution in [3.63, 3.8) is 0 Å². The maximum atomic E-state index is 11.4. The van der Waals surface area contributed by atoms with E-state index in [1.54, 1.807) is 0 Å². The molecule has 0 bridgehead atoms. The van der Waals surface area contributed by atoms with Gasteiger partial charge in [-0.3, -0.25) is 9.59 Å². The van der Waals surface area contributed by atoms with Gasteiger partial charge in [0, 0.05) is 13.3 Å². The molecule has 1 saturated carbocycles. The molecule has 4 nitrogen and oxygen atoms in total. The summed E-state index contributed by atoms with van der Waals surface area (Å²) in [6.07, 6.45) is 10.1. The molecule has 106 valence electrons. The van der Waals surface area contributed by atoms with Crippen molar-refractivity contribution in [3.8, 4) is 0 Å². The van der Waals surface area contributed by atoms with E-state index in [-0.39, 0.29) is 12.1 Å². The average Bonchev–Trinajstić information content (AvgIpc) is 2.30. The van der Waals surface area contributed by atoms with Gasteiger partial charge in [0.25, 0.3) is 5.97 Å². The fourth-order valence-electron chi connectivity index (χ4n) is 1.95. The Kier molecular flexibility index (Phi) is 10.4. The van der Waals surface area contributed by atoms with E-state index in [4.69, 9.17) is 14.6 Å². The Bertz CT molecular complexity index is 228. The lowest BCUT2D eigenvalue weighted by Gasteiger charge is -2.21. The first-order valence-electron chi connectivity index (χ1n) is 6.95. The Labute approximate surface area is 110 Å². The van der Waals surface area contributed by atoms with Crippen LogP contribution in [0.5, 0.6) is 0 Å². The van der Waals surface area contributed by atoms with E-state index in [0.717, 1.165) is 39.0 Å². The number of carbonyl (C=O) groups is 2. The molecular weight excluding hydrogens is 232 g/mol. The van der Waals surface area contributed by atoms with Crippen molar-refractivity contribution in [2.75, 3.05) is 0 Å². The number of ether oxygens (including phenoxy) is 1. The Balaban J connectivity index is 0.000000631. The molecule has 0 spiro atoms. The predicted molar refractivity (Wildman–Crippen MR) is 70.4 cm³/mol. The van der Waals surface area contributed by atoms with Crippen LogP contribution >= 0.6 is 0 Å². The number of carbonyl (C=O) groups excluding carboxylic acids is 1. The van der Waals surface area contributed by atoms with Crippen LogP contribution in [0.3, 0.4) is 0 Å². The van der Waals surface area contributed by atoms with E-state index in [0.29, 0.717) is 6.42 Å². The zero-order valence-electron chi connectivity index (χ0n) is 11.6. The highest BCUT2D eigenvalue weighted by Gasteiger charge is 2.16. The third-order valence-electron chi connectivity index (χ3n) is 2.83. The quantitative estimate of drug-likeness (QED) is 0.605. The van der Waals surface area contributed by atoms with Crippen molar-refractivity contribution < 1.29 is 19.4 Å². The molecular formula is C14H26O4. The van der Waals surface area contributed by atoms with Crippen LogP contribution in [0.25, 0.3) is 0 Å². The maximum Gasteiger partial charge on any atom is 0.306 e. The molecule has 4 heteroatoms. The van der Waals surface area contributed by atoms with Gasteiger partial charge in [0.15, 0.2) is 0 Å². The average molecular weight is 258 g/mol. The number of rotatable bonds is 5. The summed E-state index contributed by atoms with van der Waals surface area (Å²) in [4.78, 5) is 20.4. The van der Waals surface area contributed by atoms with Crippen molar-refractivity contribution in [1.82, 2.24) is 0 Å². The van der Waals surface area contributed by atoms with Crippen LogP contribution in [-0.4, -0.2) is 23.1 Å². The number of unbranched alkanes of at least 4 members (excludes halogenated alkanes) is 2. The van der Waals surface area contributed by atoms with Crippen LogP contribution in [0.1, 0.15) is 71.6 Å². The van der Waals surface area contributed by atoms with Gasteiger partial charge in [0.05, 0.1) is 0 Å². The molecule has 0 amide bonds. The summed E-state index contributed by atoms with van der Waals surface area (Å²) in [5, 5.41) is 7.42. The number of hydrogen-bond acceptors (Lipinski definition) is 3. The van der Waals surface area contributed by atoms with Crippen molar-refractivity contribution in [1.29, 1.82) is 0 Å². The molecule has 1 fully saturated rings. The van der Waals surface area contributed by atoms with Crippen LogP contribution in [0.4, 0.5) is 0 Å². The zero-order chi connectivity index (χ0) is 13.8. The zero-order valence-corrected chi connectivity index (χ0v) is 11.6. The Hall–Kier alpha value is -1.06. The largest absolute Gasteiger partial charge is 0.481 e. The molecule has 0 heterocycles. The monoisotopic (exact) mass is 258 g/mol.